The summed E-state index contributed by atoms with van der Waals surface area (Å²) in [6, 6.07) is 9.77. The molecule has 5 nitrogen and oxygen atoms in total. The quantitative estimate of drug-likeness (QED) is 0.656. The summed E-state index contributed by atoms with van der Waals surface area (Å²) in [5.74, 6) is 4.18. The molecule has 3 aromatic rings. The Kier molecular flexibility index (Phi) is 4.20. The molecule has 114 valence electrons. The van der Waals surface area contributed by atoms with Gasteiger partial charge in [-0.3, -0.25) is 0 Å². The molecule has 2 heterocycles. The number of methoxy groups -OCH3 is 1. The number of rotatable bonds is 5. The Morgan fingerprint density at radius 2 is 1.86 bits per heavy atom. The van der Waals surface area contributed by atoms with E-state index < -0.39 is 0 Å². The Morgan fingerprint density at radius 3 is 2.50 bits per heavy atom. The monoisotopic (exact) mass is 316 g/mol. The zero-order valence-corrected chi connectivity index (χ0v) is 13.4. The number of furan rings is 1. The molecule has 0 radical (unpaired) electrons. The van der Waals surface area contributed by atoms with Crippen molar-refractivity contribution in [2.75, 3.05) is 7.11 Å². The van der Waals surface area contributed by atoms with Crippen molar-refractivity contribution in [3.63, 3.8) is 0 Å². The Morgan fingerprint density at radius 1 is 1.09 bits per heavy atom. The second kappa shape index (κ2) is 6.27. The van der Waals surface area contributed by atoms with E-state index in [-0.39, 0.29) is 0 Å². The lowest BCUT2D eigenvalue weighted by Gasteiger charge is -2.01. The minimum absolute atomic E-state index is 0.500. The van der Waals surface area contributed by atoms with Crippen molar-refractivity contribution >= 4 is 11.8 Å². The molecule has 0 aliphatic carbocycles. The highest BCUT2D eigenvalue weighted by Crippen LogP contribution is 2.28. The van der Waals surface area contributed by atoms with Crippen molar-refractivity contribution in [1.82, 2.24) is 10.2 Å². The summed E-state index contributed by atoms with van der Waals surface area (Å²) in [5.41, 5.74) is 0.852. The Hall–Kier alpha value is -2.21. The van der Waals surface area contributed by atoms with Crippen LogP contribution >= 0.6 is 11.8 Å². The summed E-state index contributed by atoms with van der Waals surface area (Å²) in [4.78, 5) is 1.12. The predicted octanol–water partition coefficient (Wildman–Crippen LogP) is 4.25. The Balaban J connectivity index is 1.67. The van der Waals surface area contributed by atoms with Gasteiger partial charge in [0.1, 0.15) is 17.3 Å². The normalized spacial score (nSPS) is 10.9. The average Bonchev–Trinajstić information content (AvgIpc) is 3.12. The average molecular weight is 316 g/mol. The van der Waals surface area contributed by atoms with Crippen molar-refractivity contribution < 1.29 is 13.6 Å². The van der Waals surface area contributed by atoms with E-state index in [0.717, 1.165) is 27.7 Å². The molecule has 0 spiro atoms. The maximum absolute atomic E-state index is 5.70. The topological polar surface area (TPSA) is 61.3 Å². The van der Waals surface area contributed by atoms with Crippen LogP contribution in [-0.2, 0) is 5.75 Å². The van der Waals surface area contributed by atoms with E-state index in [1.54, 1.807) is 18.9 Å². The van der Waals surface area contributed by atoms with Crippen LogP contribution in [0.3, 0.4) is 0 Å². The summed E-state index contributed by atoms with van der Waals surface area (Å²) in [6.45, 7) is 3.78. The van der Waals surface area contributed by atoms with E-state index >= 15 is 0 Å². The van der Waals surface area contributed by atoms with Crippen LogP contribution in [0.4, 0.5) is 0 Å². The molecule has 0 amide bonds. The molecular formula is C16H16N2O3S. The molecule has 0 saturated heterocycles. The lowest BCUT2D eigenvalue weighted by Crippen LogP contribution is -1.83. The van der Waals surface area contributed by atoms with Gasteiger partial charge in [-0.25, -0.2) is 0 Å². The largest absolute Gasteiger partial charge is 0.497 e. The lowest BCUT2D eigenvalue weighted by atomic mass is 10.2. The number of aromatic nitrogens is 2. The lowest BCUT2D eigenvalue weighted by molar-refractivity contribution is 0.414. The van der Waals surface area contributed by atoms with Gasteiger partial charge < -0.3 is 13.6 Å². The van der Waals surface area contributed by atoms with Gasteiger partial charge in [0.05, 0.1) is 18.4 Å². The van der Waals surface area contributed by atoms with Gasteiger partial charge in [-0.15, -0.1) is 22.0 Å². The molecule has 0 atom stereocenters. The summed E-state index contributed by atoms with van der Waals surface area (Å²) >= 11 is 1.64. The summed E-state index contributed by atoms with van der Waals surface area (Å²) in [5, 5.41) is 8.18. The van der Waals surface area contributed by atoms with Crippen LogP contribution in [0.5, 0.6) is 5.75 Å². The molecule has 0 aliphatic heterocycles. The van der Waals surface area contributed by atoms with Crippen LogP contribution in [0.1, 0.15) is 17.4 Å². The second-order valence-electron chi connectivity index (χ2n) is 4.79. The molecule has 0 N–H and O–H groups in total. The number of ether oxygens (including phenoxy) is 1. The first-order chi connectivity index (χ1) is 10.7. The number of hydrogen-bond donors (Lipinski definition) is 0. The van der Waals surface area contributed by atoms with Crippen molar-refractivity contribution in [3.8, 4) is 17.2 Å². The van der Waals surface area contributed by atoms with Gasteiger partial charge >= 0.3 is 0 Å². The number of aryl methyl sites for hydroxylation is 2. The Labute approximate surface area is 132 Å². The van der Waals surface area contributed by atoms with Crippen molar-refractivity contribution in [2.45, 2.75) is 24.5 Å². The molecule has 0 bridgehead atoms. The van der Waals surface area contributed by atoms with E-state index in [2.05, 4.69) is 10.2 Å². The summed E-state index contributed by atoms with van der Waals surface area (Å²) in [7, 11) is 1.65. The van der Waals surface area contributed by atoms with Crippen LogP contribution in [0.2, 0.25) is 0 Å². The molecular weight excluding hydrogens is 300 g/mol. The van der Waals surface area contributed by atoms with E-state index in [4.69, 9.17) is 13.6 Å². The number of hydrogen-bond acceptors (Lipinski definition) is 6. The number of nitrogens with zero attached hydrogens (tertiary/aromatic N) is 2. The summed E-state index contributed by atoms with van der Waals surface area (Å²) < 4.78 is 16.3. The SMILES string of the molecule is COc1ccc(SCc2nnc(-c3cc(C)oc3C)o2)cc1. The zero-order valence-electron chi connectivity index (χ0n) is 12.6. The smallest absolute Gasteiger partial charge is 0.251 e. The molecule has 22 heavy (non-hydrogen) atoms. The van der Waals surface area contributed by atoms with Gasteiger partial charge in [-0.1, -0.05) is 0 Å². The van der Waals surface area contributed by atoms with Crippen LogP contribution in [0.25, 0.3) is 11.5 Å². The third kappa shape index (κ3) is 3.17. The summed E-state index contributed by atoms with van der Waals surface area (Å²) in [6.07, 6.45) is 0. The molecule has 0 saturated carbocycles. The van der Waals surface area contributed by atoms with E-state index in [1.807, 2.05) is 44.2 Å². The van der Waals surface area contributed by atoms with Gasteiger partial charge in [0, 0.05) is 4.90 Å². The van der Waals surface area contributed by atoms with Gasteiger partial charge in [0.2, 0.25) is 5.89 Å². The standard InChI is InChI=1S/C16H16N2O3S/c1-10-8-14(11(2)20-10)16-18-17-15(21-16)9-22-13-6-4-12(19-3)5-7-13/h4-8H,9H2,1-3H3. The molecule has 3 rings (SSSR count). The predicted molar refractivity (Wildman–Crippen MR) is 84.0 cm³/mol. The first-order valence-electron chi connectivity index (χ1n) is 6.82. The minimum Gasteiger partial charge on any atom is -0.497 e. The third-order valence-electron chi connectivity index (χ3n) is 3.16. The highest BCUT2D eigenvalue weighted by molar-refractivity contribution is 7.98. The number of benzene rings is 1. The fourth-order valence-electron chi connectivity index (χ4n) is 2.08. The minimum atomic E-state index is 0.500. The van der Waals surface area contributed by atoms with Crippen LogP contribution < -0.4 is 4.74 Å². The fourth-order valence-corrected chi connectivity index (χ4v) is 2.82. The molecule has 1 aromatic carbocycles. The highest BCUT2D eigenvalue weighted by Gasteiger charge is 2.14. The van der Waals surface area contributed by atoms with E-state index in [9.17, 15) is 0 Å². The maximum atomic E-state index is 5.70. The van der Waals surface area contributed by atoms with E-state index in [1.165, 1.54) is 0 Å². The number of thioether (sulfide) groups is 1. The van der Waals surface area contributed by atoms with Crippen molar-refractivity contribution in [2.24, 2.45) is 0 Å². The van der Waals surface area contributed by atoms with Crippen LogP contribution in [-0.4, -0.2) is 17.3 Å². The third-order valence-corrected chi connectivity index (χ3v) is 4.16. The van der Waals surface area contributed by atoms with Gasteiger partial charge in [-0.05, 0) is 44.2 Å². The fraction of sp³-hybridized carbons (Fsp3) is 0.250. The molecule has 2 aromatic heterocycles. The van der Waals surface area contributed by atoms with Gasteiger partial charge in [-0.2, -0.15) is 0 Å². The van der Waals surface area contributed by atoms with E-state index in [0.29, 0.717) is 17.5 Å². The van der Waals surface area contributed by atoms with Gasteiger partial charge in [0.15, 0.2) is 0 Å². The molecule has 0 unspecified atom stereocenters. The molecule has 6 heteroatoms. The first kappa shape index (κ1) is 14.7. The maximum Gasteiger partial charge on any atom is 0.251 e. The molecule has 0 fully saturated rings. The van der Waals surface area contributed by atoms with Crippen LogP contribution in [0.15, 0.2) is 44.1 Å². The van der Waals surface area contributed by atoms with Crippen LogP contribution in [0, 0.1) is 13.8 Å². The molecule has 0 aliphatic rings. The zero-order chi connectivity index (χ0) is 15.5. The second-order valence-corrected chi connectivity index (χ2v) is 5.84. The Bertz CT molecular complexity index is 762. The first-order valence-corrected chi connectivity index (χ1v) is 7.81. The van der Waals surface area contributed by atoms with Crippen molar-refractivity contribution in [1.29, 1.82) is 0 Å². The van der Waals surface area contributed by atoms with Crippen molar-refractivity contribution in [3.05, 3.63) is 47.7 Å². The highest BCUT2D eigenvalue weighted by atomic mass is 32.2. The van der Waals surface area contributed by atoms with Gasteiger partial charge in [0.25, 0.3) is 5.89 Å².